The summed E-state index contributed by atoms with van der Waals surface area (Å²) >= 11 is 5.87. The molecule has 2 unspecified atom stereocenters. The van der Waals surface area contributed by atoms with Crippen LogP contribution in [0.1, 0.15) is 67.1 Å². The summed E-state index contributed by atoms with van der Waals surface area (Å²) in [5.41, 5.74) is 8.09. The maximum Gasteiger partial charge on any atom is 0.255 e. The Morgan fingerprint density at radius 1 is 0.886 bits per heavy atom. The molecule has 2 atom stereocenters. The number of halogens is 1. The molecule has 2 N–H and O–H groups in total. The van der Waals surface area contributed by atoms with Gasteiger partial charge >= 0.3 is 0 Å². The van der Waals surface area contributed by atoms with Crippen LogP contribution >= 0.6 is 11.6 Å². The molecule has 0 spiro atoms. The van der Waals surface area contributed by atoms with Gasteiger partial charge in [0.15, 0.2) is 0 Å². The Morgan fingerprint density at radius 3 is 2.09 bits per heavy atom. The number of hydrazone groups is 1. The second-order valence-electron chi connectivity index (χ2n) is 10.0. The minimum atomic E-state index is -0.209. The Morgan fingerprint density at radius 2 is 1.49 bits per heavy atom. The van der Waals surface area contributed by atoms with E-state index in [1.807, 2.05) is 31.2 Å². The van der Waals surface area contributed by atoms with Crippen LogP contribution < -0.4 is 10.7 Å². The molecule has 0 heterocycles. The number of carbonyl (C=O) groups excluding carboxylic acids is 2. The summed E-state index contributed by atoms with van der Waals surface area (Å²) in [6.07, 6.45) is 0.845. The highest BCUT2D eigenvalue weighted by atomic mass is 35.5. The molecule has 4 rings (SSSR count). The van der Waals surface area contributed by atoms with Gasteiger partial charge in [0.05, 0.1) is 5.71 Å². The van der Waals surface area contributed by atoms with Crippen molar-refractivity contribution < 1.29 is 9.59 Å². The van der Waals surface area contributed by atoms with Gasteiger partial charge in [-0.15, -0.1) is 0 Å². The fourth-order valence-electron chi connectivity index (χ4n) is 3.97. The first-order valence-corrected chi connectivity index (χ1v) is 12.1. The molecule has 1 aliphatic rings. The third-order valence-corrected chi connectivity index (χ3v) is 6.58. The highest BCUT2D eigenvalue weighted by molar-refractivity contribution is 6.30. The second kappa shape index (κ2) is 10.0. The molecule has 1 aliphatic carbocycles. The summed E-state index contributed by atoms with van der Waals surface area (Å²) in [6, 6.07) is 22.6. The zero-order valence-corrected chi connectivity index (χ0v) is 21.2. The quantitative estimate of drug-likeness (QED) is 0.306. The maximum atomic E-state index is 12.6. The molecular formula is C29H30ClN3O2. The normalized spacial score (nSPS) is 17.6. The van der Waals surface area contributed by atoms with E-state index >= 15 is 0 Å². The summed E-state index contributed by atoms with van der Waals surface area (Å²) < 4.78 is 0. The minimum Gasteiger partial charge on any atom is -0.322 e. The topological polar surface area (TPSA) is 70.6 Å². The number of amides is 2. The molecule has 6 heteroatoms. The first kappa shape index (κ1) is 24.7. The molecule has 1 saturated carbocycles. The van der Waals surface area contributed by atoms with Gasteiger partial charge in [0.1, 0.15) is 0 Å². The van der Waals surface area contributed by atoms with Crippen LogP contribution in [-0.4, -0.2) is 17.5 Å². The van der Waals surface area contributed by atoms with Gasteiger partial charge in [-0.05, 0) is 77.8 Å². The fourth-order valence-corrected chi connectivity index (χ4v) is 4.10. The molecule has 5 nitrogen and oxygen atoms in total. The minimum absolute atomic E-state index is 0.0440. The first-order chi connectivity index (χ1) is 16.6. The summed E-state index contributed by atoms with van der Waals surface area (Å²) in [7, 11) is 0. The van der Waals surface area contributed by atoms with Crippen molar-refractivity contribution in [3.05, 3.63) is 100 Å². The molecule has 2 amide bonds. The Hall–Kier alpha value is -3.44. The molecule has 3 aromatic rings. The molecule has 3 aromatic carbocycles. The van der Waals surface area contributed by atoms with Crippen LogP contribution in [0.2, 0.25) is 5.02 Å². The molecule has 1 fully saturated rings. The van der Waals surface area contributed by atoms with E-state index in [1.165, 1.54) is 11.1 Å². The number of hydrogen-bond acceptors (Lipinski definition) is 3. The van der Waals surface area contributed by atoms with Crippen LogP contribution in [0.15, 0.2) is 77.9 Å². The molecule has 35 heavy (non-hydrogen) atoms. The molecule has 0 aromatic heterocycles. The number of hydrogen-bond donors (Lipinski definition) is 2. The van der Waals surface area contributed by atoms with Gasteiger partial charge in [-0.1, -0.05) is 68.8 Å². The van der Waals surface area contributed by atoms with Crippen LogP contribution in [0.25, 0.3) is 0 Å². The van der Waals surface area contributed by atoms with Crippen molar-refractivity contribution in [3.63, 3.8) is 0 Å². The third kappa shape index (κ3) is 6.17. The summed E-state index contributed by atoms with van der Waals surface area (Å²) in [6.45, 7) is 8.43. The molecular weight excluding hydrogens is 458 g/mol. The van der Waals surface area contributed by atoms with E-state index in [0.29, 0.717) is 22.0 Å². The Labute approximate surface area is 211 Å². The van der Waals surface area contributed by atoms with E-state index in [1.54, 1.807) is 24.3 Å². The van der Waals surface area contributed by atoms with Gasteiger partial charge < -0.3 is 5.32 Å². The van der Waals surface area contributed by atoms with Crippen LogP contribution in [-0.2, 0) is 10.2 Å². The standard InChI is InChI=1S/C29H30ClN3O2/c1-18(19-9-15-24(16-10-19)31-27(34)21-7-13-23(30)14-8-21)32-33-28(35)26-17-25(26)20-5-11-22(12-6-20)29(2,3)4/h5-16,25-26H,17H2,1-4H3,(H,31,34)(H,33,35)/b32-18+. The lowest BCUT2D eigenvalue weighted by atomic mass is 9.86. The van der Waals surface area contributed by atoms with E-state index in [0.717, 1.165) is 12.0 Å². The molecule has 180 valence electrons. The van der Waals surface area contributed by atoms with Gasteiger partial charge in [0.2, 0.25) is 5.91 Å². The summed E-state index contributed by atoms with van der Waals surface area (Å²) in [5, 5.41) is 7.73. The Bertz CT molecular complexity index is 1240. The predicted octanol–water partition coefficient (Wildman–Crippen LogP) is 6.53. The number of nitrogens with one attached hydrogen (secondary N) is 2. The molecule has 0 aliphatic heterocycles. The zero-order chi connectivity index (χ0) is 25.2. The van der Waals surface area contributed by atoms with Crippen LogP contribution in [0, 0.1) is 5.92 Å². The van der Waals surface area contributed by atoms with Gasteiger partial charge in [-0.2, -0.15) is 5.10 Å². The predicted molar refractivity (Wildman–Crippen MR) is 142 cm³/mol. The van der Waals surface area contributed by atoms with Crippen LogP contribution in [0.5, 0.6) is 0 Å². The number of nitrogens with zero attached hydrogens (tertiary/aromatic N) is 1. The van der Waals surface area contributed by atoms with E-state index in [-0.39, 0.29) is 29.1 Å². The van der Waals surface area contributed by atoms with Crippen LogP contribution in [0.3, 0.4) is 0 Å². The van der Waals surface area contributed by atoms with E-state index in [4.69, 9.17) is 11.6 Å². The van der Waals surface area contributed by atoms with Gasteiger partial charge in [0, 0.05) is 22.2 Å². The number of rotatable bonds is 6. The monoisotopic (exact) mass is 487 g/mol. The van der Waals surface area contributed by atoms with Crippen LogP contribution in [0.4, 0.5) is 5.69 Å². The fraction of sp³-hybridized carbons (Fsp3) is 0.276. The van der Waals surface area contributed by atoms with E-state index < -0.39 is 0 Å². The van der Waals surface area contributed by atoms with Crippen molar-refractivity contribution in [1.29, 1.82) is 0 Å². The Kier molecular flexibility index (Phi) is 7.08. The van der Waals surface area contributed by atoms with Crippen molar-refractivity contribution in [3.8, 4) is 0 Å². The maximum absolute atomic E-state index is 12.6. The smallest absolute Gasteiger partial charge is 0.255 e. The highest BCUT2D eigenvalue weighted by Crippen LogP contribution is 2.47. The number of carbonyl (C=O) groups is 2. The SMILES string of the molecule is C/C(=N\NC(=O)C1CC1c1ccc(C(C)(C)C)cc1)c1ccc(NC(=O)c2ccc(Cl)cc2)cc1. The molecule has 0 saturated heterocycles. The molecule has 0 radical (unpaired) electrons. The summed E-state index contributed by atoms with van der Waals surface area (Å²) in [4.78, 5) is 25.0. The zero-order valence-electron chi connectivity index (χ0n) is 20.4. The van der Waals surface area contributed by atoms with E-state index in [9.17, 15) is 9.59 Å². The highest BCUT2D eigenvalue weighted by Gasteiger charge is 2.44. The third-order valence-electron chi connectivity index (χ3n) is 6.33. The largest absolute Gasteiger partial charge is 0.322 e. The van der Waals surface area contributed by atoms with Crippen molar-refractivity contribution in [1.82, 2.24) is 5.43 Å². The Balaban J connectivity index is 1.30. The lowest BCUT2D eigenvalue weighted by molar-refractivity contribution is -0.122. The average Bonchev–Trinajstić information content (AvgIpc) is 3.64. The number of anilines is 1. The molecule has 0 bridgehead atoms. The van der Waals surface area contributed by atoms with Gasteiger partial charge in [0.25, 0.3) is 5.91 Å². The first-order valence-electron chi connectivity index (χ1n) is 11.7. The second-order valence-corrected chi connectivity index (χ2v) is 10.5. The lowest BCUT2D eigenvalue weighted by Crippen LogP contribution is -2.21. The lowest BCUT2D eigenvalue weighted by Gasteiger charge is -2.19. The van der Waals surface area contributed by atoms with Crippen molar-refractivity contribution in [2.24, 2.45) is 11.0 Å². The number of benzene rings is 3. The van der Waals surface area contributed by atoms with E-state index in [2.05, 4.69) is 60.9 Å². The summed E-state index contributed by atoms with van der Waals surface area (Å²) in [5.74, 6) is -0.0549. The van der Waals surface area contributed by atoms with Crippen molar-refractivity contribution in [2.45, 2.75) is 45.4 Å². The van der Waals surface area contributed by atoms with Gasteiger partial charge in [-0.25, -0.2) is 5.43 Å². The van der Waals surface area contributed by atoms with Crippen molar-refractivity contribution >= 4 is 34.8 Å². The average molecular weight is 488 g/mol. The van der Waals surface area contributed by atoms with Gasteiger partial charge in [-0.3, -0.25) is 9.59 Å². The van der Waals surface area contributed by atoms with Crippen molar-refractivity contribution in [2.75, 3.05) is 5.32 Å².